The second-order valence-corrected chi connectivity index (χ2v) is 4.19. The Kier molecular flexibility index (Phi) is 2.93. The van der Waals surface area contributed by atoms with Gasteiger partial charge in [0.2, 0.25) is 0 Å². The third kappa shape index (κ3) is 1.98. The molecule has 15 heavy (non-hydrogen) atoms. The fourth-order valence-corrected chi connectivity index (χ4v) is 2.32. The van der Waals surface area contributed by atoms with Crippen molar-refractivity contribution in [3.8, 4) is 5.75 Å². The molecule has 0 amide bonds. The number of likely N-dealkylation sites (tertiary alicyclic amines) is 1. The predicted octanol–water partition coefficient (Wildman–Crippen LogP) is 1.52. The fourth-order valence-electron chi connectivity index (χ4n) is 2.32. The highest BCUT2D eigenvalue weighted by molar-refractivity contribution is 5.35. The zero-order chi connectivity index (χ0) is 10.8. The van der Waals surface area contributed by atoms with Gasteiger partial charge in [-0.15, -0.1) is 0 Å². The van der Waals surface area contributed by atoms with E-state index in [4.69, 9.17) is 0 Å². The summed E-state index contributed by atoms with van der Waals surface area (Å²) in [5, 5.41) is 19.7. The fraction of sp³-hybridized carbons (Fsp3) is 0.500. The van der Waals surface area contributed by atoms with Crippen LogP contribution in [0.1, 0.15) is 24.4 Å². The smallest absolute Gasteiger partial charge is 0.120 e. The minimum absolute atomic E-state index is 0.0695. The van der Waals surface area contributed by atoms with Crippen LogP contribution in [0.3, 0.4) is 0 Å². The van der Waals surface area contributed by atoms with E-state index in [0.717, 1.165) is 24.9 Å². The number of nitrogens with zero attached hydrogens (tertiary/aromatic N) is 1. The zero-order valence-electron chi connectivity index (χ0n) is 8.93. The Labute approximate surface area is 90.0 Å². The van der Waals surface area contributed by atoms with Crippen molar-refractivity contribution in [1.82, 2.24) is 4.90 Å². The van der Waals surface area contributed by atoms with Crippen molar-refractivity contribution < 1.29 is 10.2 Å². The second-order valence-electron chi connectivity index (χ2n) is 4.19. The average molecular weight is 207 g/mol. The van der Waals surface area contributed by atoms with E-state index in [-0.39, 0.29) is 17.9 Å². The SMILES string of the molecule is CN1CCCC(O)C1c1ccccc1O. The molecule has 2 atom stereocenters. The van der Waals surface area contributed by atoms with E-state index < -0.39 is 0 Å². The molecule has 0 radical (unpaired) electrons. The number of hydrogen-bond acceptors (Lipinski definition) is 3. The van der Waals surface area contributed by atoms with E-state index in [1.165, 1.54) is 0 Å². The standard InChI is InChI=1S/C12H17NO2/c1-13-8-4-7-11(15)12(13)9-5-2-3-6-10(9)14/h2-3,5-6,11-12,14-15H,4,7-8H2,1H3. The van der Waals surface area contributed by atoms with Crippen molar-refractivity contribution in [1.29, 1.82) is 0 Å². The summed E-state index contributed by atoms with van der Waals surface area (Å²) in [6, 6.07) is 7.17. The summed E-state index contributed by atoms with van der Waals surface area (Å²) in [5.74, 6) is 0.273. The molecule has 0 aliphatic carbocycles. The lowest BCUT2D eigenvalue weighted by Crippen LogP contribution is -2.39. The van der Waals surface area contributed by atoms with Crippen LogP contribution >= 0.6 is 0 Å². The zero-order valence-corrected chi connectivity index (χ0v) is 8.93. The summed E-state index contributed by atoms with van der Waals surface area (Å²) < 4.78 is 0. The van der Waals surface area contributed by atoms with E-state index in [9.17, 15) is 10.2 Å². The molecule has 82 valence electrons. The molecule has 0 bridgehead atoms. The monoisotopic (exact) mass is 207 g/mol. The highest BCUT2D eigenvalue weighted by Gasteiger charge is 2.30. The third-order valence-electron chi connectivity index (χ3n) is 3.11. The van der Waals surface area contributed by atoms with E-state index >= 15 is 0 Å². The van der Waals surface area contributed by atoms with Crippen molar-refractivity contribution in [3.63, 3.8) is 0 Å². The van der Waals surface area contributed by atoms with Gasteiger partial charge >= 0.3 is 0 Å². The summed E-state index contributed by atoms with van der Waals surface area (Å²) >= 11 is 0. The molecule has 0 aromatic heterocycles. The molecule has 2 rings (SSSR count). The van der Waals surface area contributed by atoms with Crippen LogP contribution in [-0.2, 0) is 0 Å². The summed E-state index contributed by atoms with van der Waals surface area (Å²) in [6.45, 7) is 0.968. The maximum absolute atomic E-state index is 9.96. The average Bonchev–Trinajstić information content (AvgIpc) is 2.20. The van der Waals surface area contributed by atoms with E-state index in [1.807, 2.05) is 19.2 Å². The number of phenolic OH excluding ortho intramolecular Hbond substituents is 1. The Morgan fingerprint density at radius 3 is 2.73 bits per heavy atom. The first-order valence-electron chi connectivity index (χ1n) is 5.36. The Hall–Kier alpha value is -1.06. The number of aliphatic hydroxyl groups is 1. The van der Waals surface area contributed by atoms with Crippen LogP contribution in [0.4, 0.5) is 0 Å². The minimum Gasteiger partial charge on any atom is -0.508 e. The highest BCUT2D eigenvalue weighted by Crippen LogP contribution is 2.34. The van der Waals surface area contributed by atoms with E-state index in [2.05, 4.69) is 4.90 Å². The van der Waals surface area contributed by atoms with Gasteiger partial charge in [0.05, 0.1) is 12.1 Å². The number of aromatic hydroxyl groups is 1. The Morgan fingerprint density at radius 1 is 1.33 bits per heavy atom. The minimum atomic E-state index is -0.378. The molecule has 2 N–H and O–H groups in total. The van der Waals surface area contributed by atoms with Gasteiger partial charge in [0.1, 0.15) is 5.75 Å². The number of likely N-dealkylation sites (N-methyl/N-ethyl adjacent to an activating group) is 1. The van der Waals surface area contributed by atoms with Crippen molar-refractivity contribution in [2.24, 2.45) is 0 Å². The van der Waals surface area contributed by atoms with Gasteiger partial charge in [-0.2, -0.15) is 0 Å². The van der Waals surface area contributed by atoms with Crippen molar-refractivity contribution in [3.05, 3.63) is 29.8 Å². The third-order valence-corrected chi connectivity index (χ3v) is 3.11. The van der Waals surface area contributed by atoms with Crippen molar-refractivity contribution in [2.75, 3.05) is 13.6 Å². The first-order valence-corrected chi connectivity index (χ1v) is 5.36. The molecule has 1 aromatic carbocycles. The van der Waals surface area contributed by atoms with Crippen LogP contribution in [0.25, 0.3) is 0 Å². The predicted molar refractivity (Wildman–Crippen MR) is 58.7 cm³/mol. The van der Waals surface area contributed by atoms with Gasteiger partial charge in [0, 0.05) is 5.56 Å². The van der Waals surface area contributed by atoms with Gasteiger partial charge in [-0.1, -0.05) is 18.2 Å². The molecule has 1 aromatic rings. The first-order chi connectivity index (χ1) is 7.20. The summed E-state index contributed by atoms with van der Waals surface area (Å²) in [6.07, 6.45) is 1.45. The maximum Gasteiger partial charge on any atom is 0.120 e. The summed E-state index contributed by atoms with van der Waals surface area (Å²) in [4.78, 5) is 2.10. The molecular formula is C12H17NO2. The van der Waals surface area contributed by atoms with Crippen LogP contribution in [0, 0.1) is 0 Å². The largest absolute Gasteiger partial charge is 0.508 e. The molecule has 1 fully saturated rings. The molecule has 2 unspecified atom stereocenters. The molecule has 0 saturated carbocycles. The number of piperidine rings is 1. The van der Waals surface area contributed by atoms with Gasteiger partial charge in [0.25, 0.3) is 0 Å². The van der Waals surface area contributed by atoms with E-state index in [0.29, 0.717) is 0 Å². The second kappa shape index (κ2) is 4.21. The van der Waals surface area contributed by atoms with E-state index in [1.54, 1.807) is 12.1 Å². The molecule has 3 heteroatoms. The lowest BCUT2D eigenvalue weighted by atomic mass is 9.92. The topological polar surface area (TPSA) is 43.7 Å². The van der Waals surface area contributed by atoms with Gasteiger partial charge in [-0.05, 0) is 32.5 Å². The Balaban J connectivity index is 2.31. The number of hydrogen-bond donors (Lipinski definition) is 2. The van der Waals surface area contributed by atoms with Crippen LogP contribution in [0.2, 0.25) is 0 Å². The number of benzene rings is 1. The summed E-state index contributed by atoms with van der Waals surface area (Å²) in [5.41, 5.74) is 0.826. The Morgan fingerprint density at radius 2 is 2.07 bits per heavy atom. The number of aliphatic hydroxyl groups excluding tert-OH is 1. The van der Waals surface area contributed by atoms with Crippen LogP contribution in [0.15, 0.2) is 24.3 Å². The van der Waals surface area contributed by atoms with Crippen LogP contribution in [0.5, 0.6) is 5.75 Å². The lowest BCUT2D eigenvalue weighted by molar-refractivity contribution is 0.0230. The summed E-state index contributed by atoms with van der Waals surface area (Å²) in [7, 11) is 1.99. The molecule has 1 aliphatic rings. The number of para-hydroxylation sites is 1. The molecular weight excluding hydrogens is 190 g/mol. The lowest BCUT2D eigenvalue weighted by Gasteiger charge is -2.36. The van der Waals surface area contributed by atoms with Crippen LogP contribution in [-0.4, -0.2) is 34.8 Å². The molecule has 0 spiro atoms. The van der Waals surface area contributed by atoms with Gasteiger partial charge in [-0.25, -0.2) is 0 Å². The van der Waals surface area contributed by atoms with Gasteiger partial charge in [-0.3, -0.25) is 4.90 Å². The maximum atomic E-state index is 9.96. The van der Waals surface area contributed by atoms with Crippen LogP contribution < -0.4 is 0 Å². The number of rotatable bonds is 1. The van der Waals surface area contributed by atoms with Crippen molar-refractivity contribution >= 4 is 0 Å². The van der Waals surface area contributed by atoms with Crippen molar-refractivity contribution in [2.45, 2.75) is 25.0 Å². The van der Waals surface area contributed by atoms with Gasteiger partial charge in [0.15, 0.2) is 0 Å². The van der Waals surface area contributed by atoms with Gasteiger partial charge < -0.3 is 10.2 Å². The Bertz CT molecular complexity index is 330. The molecule has 1 heterocycles. The quantitative estimate of drug-likeness (QED) is 0.733. The highest BCUT2D eigenvalue weighted by atomic mass is 16.3. The first kappa shape index (κ1) is 10.5. The molecule has 1 aliphatic heterocycles. The molecule has 1 saturated heterocycles. The molecule has 3 nitrogen and oxygen atoms in total. The number of phenols is 1. The normalized spacial score (nSPS) is 27.9.